The maximum Gasteiger partial charge on any atom is 0.309 e. The Labute approximate surface area is 141 Å². The van der Waals surface area contributed by atoms with Crippen molar-refractivity contribution in [3.63, 3.8) is 0 Å². The molecule has 0 aromatic heterocycles. The van der Waals surface area contributed by atoms with Gasteiger partial charge in [0.05, 0.1) is 24.5 Å². The molecule has 1 unspecified atom stereocenters. The summed E-state index contributed by atoms with van der Waals surface area (Å²) in [5.74, 6) is 0.209. The molecule has 1 rings (SSSR count). The second kappa shape index (κ2) is 10.7. The summed E-state index contributed by atoms with van der Waals surface area (Å²) in [4.78, 5) is 24.1. The first kappa shape index (κ1) is 20.0. The third-order valence-electron chi connectivity index (χ3n) is 4.75. The topological polar surface area (TPSA) is 52.6 Å². The summed E-state index contributed by atoms with van der Waals surface area (Å²) in [6.07, 6.45) is 7.44. The Bertz CT molecular complexity index is 356. The fraction of sp³-hybridized carbons (Fsp3) is 0.895. The molecule has 1 atom stereocenters. The molecule has 134 valence electrons. The first-order chi connectivity index (χ1) is 11.0. The standard InChI is InChI=1S/C19H34O4/c1-5-7-8-15(6-2)13-22-18(20)16-9-11-17(12-10-16)19(21)23-14(3)4/h14-17H,5-13H2,1-4H3. The molecule has 1 aliphatic rings. The van der Waals surface area contributed by atoms with Crippen molar-refractivity contribution in [3.8, 4) is 0 Å². The van der Waals surface area contributed by atoms with Gasteiger partial charge in [0.15, 0.2) is 0 Å². The molecule has 4 heteroatoms. The lowest BCUT2D eigenvalue weighted by atomic mass is 9.82. The molecule has 0 bridgehead atoms. The maximum atomic E-state index is 12.2. The molecule has 0 radical (unpaired) electrons. The molecule has 0 saturated heterocycles. The zero-order valence-electron chi connectivity index (χ0n) is 15.3. The minimum Gasteiger partial charge on any atom is -0.465 e. The largest absolute Gasteiger partial charge is 0.465 e. The van der Waals surface area contributed by atoms with Crippen LogP contribution in [-0.4, -0.2) is 24.6 Å². The van der Waals surface area contributed by atoms with Crippen LogP contribution in [0, 0.1) is 17.8 Å². The van der Waals surface area contributed by atoms with Gasteiger partial charge >= 0.3 is 11.9 Å². The molecule has 1 aliphatic carbocycles. The van der Waals surface area contributed by atoms with Crippen molar-refractivity contribution in [2.75, 3.05) is 6.61 Å². The summed E-state index contributed by atoms with van der Waals surface area (Å²) in [5.41, 5.74) is 0. The highest BCUT2D eigenvalue weighted by Gasteiger charge is 2.32. The molecule has 1 saturated carbocycles. The molecule has 0 amide bonds. The molecular formula is C19H34O4. The highest BCUT2D eigenvalue weighted by molar-refractivity contribution is 5.75. The predicted octanol–water partition coefficient (Wildman–Crippen LogP) is 4.50. The Morgan fingerprint density at radius 1 is 1.00 bits per heavy atom. The zero-order valence-corrected chi connectivity index (χ0v) is 15.3. The molecule has 0 aliphatic heterocycles. The van der Waals surface area contributed by atoms with Crippen LogP contribution in [0.1, 0.15) is 79.1 Å². The molecule has 0 N–H and O–H groups in total. The van der Waals surface area contributed by atoms with Gasteiger partial charge in [0.1, 0.15) is 0 Å². The second-order valence-electron chi connectivity index (χ2n) is 7.08. The number of carbonyl (C=O) groups excluding carboxylic acids is 2. The highest BCUT2D eigenvalue weighted by atomic mass is 16.5. The van der Waals surface area contributed by atoms with E-state index in [1.807, 2.05) is 13.8 Å². The van der Waals surface area contributed by atoms with Crippen molar-refractivity contribution in [3.05, 3.63) is 0 Å². The SMILES string of the molecule is CCCCC(CC)COC(=O)C1CCC(C(=O)OC(C)C)CC1. The molecule has 0 aromatic rings. The molecule has 23 heavy (non-hydrogen) atoms. The van der Waals surface area contributed by atoms with Gasteiger partial charge in [-0.05, 0) is 51.9 Å². The average molecular weight is 326 g/mol. The Morgan fingerprint density at radius 3 is 2.04 bits per heavy atom. The van der Waals surface area contributed by atoms with Crippen LogP contribution < -0.4 is 0 Å². The number of rotatable bonds is 9. The Morgan fingerprint density at radius 2 is 1.57 bits per heavy atom. The van der Waals surface area contributed by atoms with Gasteiger partial charge < -0.3 is 9.47 Å². The first-order valence-corrected chi connectivity index (χ1v) is 9.34. The molecular weight excluding hydrogens is 292 g/mol. The van der Waals surface area contributed by atoms with E-state index in [2.05, 4.69) is 13.8 Å². The lowest BCUT2D eigenvalue weighted by Crippen LogP contribution is -2.30. The van der Waals surface area contributed by atoms with Crippen LogP contribution in [0.2, 0.25) is 0 Å². The fourth-order valence-electron chi connectivity index (χ4n) is 3.11. The van der Waals surface area contributed by atoms with Crippen LogP contribution in [-0.2, 0) is 19.1 Å². The third-order valence-corrected chi connectivity index (χ3v) is 4.75. The highest BCUT2D eigenvalue weighted by Crippen LogP contribution is 2.31. The quantitative estimate of drug-likeness (QED) is 0.585. The maximum absolute atomic E-state index is 12.2. The molecule has 0 spiro atoms. The van der Waals surface area contributed by atoms with Gasteiger partial charge in [-0.15, -0.1) is 0 Å². The van der Waals surface area contributed by atoms with Crippen molar-refractivity contribution in [1.29, 1.82) is 0 Å². The van der Waals surface area contributed by atoms with E-state index in [0.29, 0.717) is 12.5 Å². The van der Waals surface area contributed by atoms with Crippen molar-refractivity contribution in [1.82, 2.24) is 0 Å². The number of ether oxygens (including phenoxy) is 2. The van der Waals surface area contributed by atoms with E-state index in [1.165, 1.54) is 12.8 Å². The summed E-state index contributed by atoms with van der Waals surface area (Å²) >= 11 is 0. The predicted molar refractivity (Wildman–Crippen MR) is 90.9 cm³/mol. The van der Waals surface area contributed by atoms with Crippen LogP contribution in [0.5, 0.6) is 0 Å². The van der Waals surface area contributed by atoms with E-state index < -0.39 is 0 Å². The van der Waals surface area contributed by atoms with E-state index in [1.54, 1.807) is 0 Å². The van der Waals surface area contributed by atoms with Crippen molar-refractivity contribution in [2.24, 2.45) is 17.8 Å². The van der Waals surface area contributed by atoms with Crippen LogP contribution in [0.3, 0.4) is 0 Å². The number of hydrogen-bond donors (Lipinski definition) is 0. The summed E-state index contributed by atoms with van der Waals surface area (Å²) in [6.45, 7) is 8.61. The summed E-state index contributed by atoms with van der Waals surface area (Å²) in [6, 6.07) is 0. The summed E-state index contributed by atoms with van der Waals surface area (Å²) in [7, 11) is 0. The van der Waals surface area contributed by atoms with Crippen LogP contribution in [0.15, 0.2) is 0 Å². The monoisotopic (exact) mass is 326 g/mol. The van der Waals surface area contributed by atoms with E-state index in [9.17, 15) is 9.59 Å². The molecule has 0 heterocycles. The smallest absolute Gasteiger partial charge is 0.309 e. The minimum absolute atomic E-state index is 0.0400. The van der Waals surface area contributed by atoms with E-state index in [-0.39, 0.29) is 29.9 Å². The number of carbonyl (C=O) groups is 2. The van der Waals surface area contributed by atoms with Gasteiger partial charge in [-0.25, -0.2) is 0 Å². The van der Waals surface area contributed by atoms with Gasteiger partial charge in [-0.3, -0.25) is 9.59 Å². The molecule has 4 nitrogen and oxygen atoms in total. The van der Waals surface area contributed by atoms with E-state index in [0.717, 1.165) is 38.5 Å². The fourth-order valence-corrected chi connectivity index (χ4v) is 3.11. The van der Waals surface area contributed by atoms with Gasteiger partial charge in [-0.2, -0.15) is 0 Å². The van der Waals surface area contributed by atoms with Crippen LogP contribution in [0.4, 0.5) is 0 Å². The molecule has 0 aromatic carbocycles. The van der Waals surface area contributed by atoms with Crippen LogP contribution >= 0.6 is 0 Å². The van der Waals surface area contributed by atoms with Gasteiger partial charge in [0.2, 0.25) is 0 Å². The average Bonchev–Trinajstić information content (AvgIpc) is 2.54. The Balaban J connectivity index is 2.30. The summed E-state index contributed by atoms with van der Waals surface area (Å²) in [5, 5.41) is 0. The van der Waals surface area contributed by atoms with Crippen molar-refractivity contribution < 1.29 is 19.1 Å². The van der Waals surface area contributed by atoms with Crippen molar-refractivity contribution in [2.45, 2.75) is 85.2 Å². The van der Waals surface area contributed by atoms with Gasteiger partial charge in [0.25, 0.3) is 0 Å². The second-order valence-corrected chi connectivity index (χ2v) is 7.08. The van der Waals surface area contributed by atoms with Gasteiger partial charge in [-0.1, -0.05) is 33.1 Å². The normalized spacial score (nSPS) is 22.7. The van der Waals surface area contributed by atoms with E-state index >= 15 is 0 Å². The van der Waals surface area contributed by atoms with Crippen LogP contribution in [0.25, 0.3) is 0 Å². The Kier molecular flexibility index (Phi) is 9.27. The van der Waals surface area contributed by atoms with Gasteiger partial charge in [0, 0.05) is 0 Å². The summed E-state index contributed by atoms with van der Waals surface area (Å²) < 4.78 is 10.8. The van der Waals surface area contributed by atoms with Crippen molar-refractivity contribution >= 4 is 11.9 Å². The number of hydrogen-bond acceptors (Lipinski definition) is 4. The lowest BCUT2D eigenvalue weighted by Gasteiger charge is -2.27. The number of esters is 2. The van der Waals surface area contributed by atoms with E-state index in [4.69, 9.17) is 9.47 Å². The minimum atomic E-state index is -0.113. The first-order valence-electron chi connectivity index (χ1n) is 9.34. The molecule has 1 fully saturated rings. The zero-order chi connectivity index (χ0) is 17.2. The Hall–Kier alpha value is -1.06. The third kappa shape index (κ3) is 7.36. The lowest BCUT2D eigenvalue weighted by molar-refractivity contribution is -0.158. The number of unbranched alkanes of at least 4 members (excludes halogenated alkanes) is 1.